The van der Waals surface area contributed by atoms with Gasteiger partial charge in [0.1, 0.15) is 24.4 Å². The van der Waals surface area contributed by atoms with Gasteiger partial charge < -0.3 is 51.1 Å². The van der Waals surface area contributed by atoms with E-state index in [0.29, 0.717) is 0 Å². The van der Waals surface area contributed by atoms with Gasteiger partial charge in [-0.2, -0.15) is 9.29 Å². The van der Waals surface area contributed by atoms with Crippen LogP contribution in [-0.4, -0.2) is 117 Å². The molecule has 2 aromatic heterocycles. The number of imidazole rings is 1. The van der Waals surface area contributed by atoms with E-state index in [9.17, 15) is 48.9 Å². The van der Waals surface area contributed by atoms with Crippen LogP contribution in [0.4, 0.5) is 5.95 Å². The predicted molar refractivity (Wildman–Crippen MR) is 142 cm³/mol. The van der Waals surface area contributed by atoms with Crippen LogP contribution in [0, 0.1) is 5.92 Å². The number of H-pyrrole nitrogens is 1. The van der Waals surface area contributed by atoms with E-state index in [1.165, 1.54) is 13.8 Å². The summed E-state index contributed by atoms with van der Waals surface area (Å²) in [6, 6.07) is 0. The normalized spacial score (nSPS) is 26.3. The Bertz CT molecular complexity index is 1420. The third-order valence-electron chi connectivity index (χ3n) is 6.30. The third-order valence-corrected chi connectivity index (χ3v) is 9.05. The van der Waals surface area contributed by atoms with E-state index in [2.05, 4.69) is 29.1 Å². The van der Waals surface area contributed by atoms with Crippen LogP contribution in [0.5, 0.6) is 0 Å². The smallest absolute Gasteiger partial charge is 0.394 e. The molecule has 0 spiro atoms. The molecule has 11 N–H and O–H groups in total. The number of hydrogen-bond donors (Lipinski definition) is 10. The largest absolute Gasteiger partial charge is 0.481 e. The van der Waals surface area contributed by atoms with Crippen molar-refractivity contribution in [1.29, 1.82) is 0 Å². The van der Waals surface area contributed by atoms with Gasteiger partial charge in [-0.1, -0.05) is 0 Å². The lowest BCUT2D eigenvalue weighted by molar-refractivity contribution is -0.119. The van der Waals surface area contributed by atoms with Crippen LogP contribution in [-0.2, 0) is 32.0 Å². The van der Waals surface area contributed by atoms with Crippen molar-refractivity contribution >= 4 is 38.7 Å². The molecular formula is C20H34N6O15P2. The minimum Gasteiger partial charge on any atom is -0.394 e. The van der Waals surface area contributed by atoms with Crippen molar-refractivity contribution in [3.05, 3.63) is 16.7 Å². The molecule has 1 aliphatic heterocycles. The Morgan fingerprint density at radius 3 is 2.56 bits per heavy atom. The number of ether oxygens (including phenoxy) is 1. The maximum absolute atomic E-state index is 12.4. The first-order chi connectivity index (χ1) is 19.9. The number of nitrogen functional groups attached to an aromatic ring is 1. The molecule has 244 valence electrons. The Labute approximate surface area is 242 Å². The van der Waals surface area contributed by atoms with Gasteiger partial charge in [0.05, 0.1) is 31.7 Å². The van der Waals surface area contributed by atoms with Gasteiger partial charge in [0.2, 0.25) is 11.9 Å². The number of phosphoric acid groups is 2. The van der Waals surface area contributed by atoms with Crippen LogP contribution in [0.3, 0.4) is 0 Å². The Kier molecular flexibility index (Phi) is 11.6. The number of aromatic amines is 1. The van der Waals surface area contributed by atoms with Gasteiger partial charge in [0.15, 0.2) is 17.4 Å². The molecule has 43 heavy (non-hydrogen) atoms. The predicted octanol–water partition coefficient (Wildman–Crippen LogP) is -3.18. The second-order valence-corrected chi connectivity index (χ2v) is 12.7. The van der Waals surface area contributed by atoms with Crippen LogP contribution >= 0.6 is 15.6 Å². The molecule has 3 rings (SSSR count). The molecule has 21 nitrogen and oxygen atoms in total. The molecule has 1 aliphatic rings. The lowest BCUT2D eigenvalue weighted by Crippen LogP contribution is -2.43. The summed E-state index contributed by atoms with van der Waals surface area (Å²) in [4.78, 5) is 53.3. The van der Waals surface area contributed by atoms with Crippen LogP contribution in [0.1, 0.15) is 26.5 Å². The molecule has 1 amide bonds. The molecule has 0 aliphatic carbocycles. The number of nitrogens with one attached hydrogen (secondary N) is 2. The van der Waals surface area contributed by atoms with Crippen molar-refractivity contribution in [1.82, 2.24) is 24.8 Å². The lowest BCUT2D eigenvalue weighted by atomic mass is 9.92. The van der Waals surface area contributed by atoms with Crippen molar-refractivity contribution in [2.45, 2.75) is 63.1 Å². The molecule has 0 radical (unpaired) electrons. The lowest BCUT2D eigenvalue weighted by Gasteiger charge is -2.29. The van der Waals surface area contributed by atoms with Crippen molar-refractivity contribution in [3.63, 3.8) is 0 Å². The number of carbonyl (C=O) groups is 1. The average molecular weight is 660 g/mol. The minimum atomic E-state index is -5.38. The molecule has 0 bridgehead atoms. The van der Waals surface area contributed by atoms with E-state index in [4.69, 9.17) is 20.1 Å². The van der Waals surface area contributed by atoms with Crippen molar-refractivity contribution < 1.29 is 67.3 Å². The second kappa shape index (κ2) is 14.2. The van der Waals surface area contributed by atoms with E-state index >= 15 is 0 Å². The topological polar surface area (TPSA) is 331 Å². The summed E-state index contributed by atoms with van der Waals surface area (Å²) < 4.78 is 45.3. The molecule has 1 fully saturated rings. The summed E-state index contributed by atoms with van der Waals surface area (Å²) >= 11 is 0. The van der Waals surface area contributed by atoms with Gasteiger partial charge in [0.25, 0.3) is 5.56 Å². The van der Waals surface area contributed by atoms with Gasteiger partial charge in [-0.25, -0.2) is 14.1 Å². The molecule has 0 saturated carbocycles. The first-order valence-electron chi connectivity index (χ1n) is 12.6. The van der Waals surface area contributed by atoms with E-state index in [1.807, 2.05) is 0 Å². The van der Waals surface area contributed by atoms with Gasteiger partial charge in [-0.3, -0.25) is 28.2 Å². The van der Waals surface area contributed by atoms with Gasteiger partial charge >= 0.3 is 15.6 Å². The Balaban J connectivity index is 1.61. The average Bonchev–Trinajstić information content (AvgIpc) is 3.43. The summed E-state index contributed by atoms with van der Waals surface area (Å²) in [5.74, 6) is -1.74. The summed E-state index contributed by atoms with van der Waals surface area (Å²) in [6.07, 6.45) is -9.96. The Hall–Kier alpha value is -2.36. The summed E-state index contributed by atoms with van der Waals surface area (Å²) in [5, 5.41) is 52.3. The molecule has 1 saturated heterocycles. The zero-order valence-electron chi connectivity index (χ0n) is 22.7. The van der Waals surface area contributed by atoms with Crippen molar-refractivity contribution in [2.75, 3.05) is 25.5 Å². The number of nitrogens with two attached hydrogens (primary N) is 1. The zero-order valence-corrected chi connectivity index (χ0v) is 24.5. The standard InChI is InChI=1S/C20H34N6O15P2/c1-8(3-10(4-22-9(2)28)14(30)11(29)5-27)40-43(36,37)41-42(34,35)38-6-12-15(31)16(32)19(39-12)26-7-23-13-17(26)24-20(21)25-18(13)33/h7-8,10-12,14-16,19,27,29-32H,3-6H2,1-2H3,(H,22,28)(H,34,35)(H,36,37)(H3,21,24,25,33)/t8-,10?,11-,12?,14?,15?,16?,19?/m1/s1. The minimum absolute atomic E-state index is 0.0968. The number of amides is 1. The fourth-order valence-corrected chi connectivity index (χ4v) is 6.57. The van der Waals surface area contributed by atoms with Crippen LogP contribution in [0.15, 0.2) is 11.1 Å². The molecule has 8 unspecified atom stereocenters. The monoisotopic (exact) mass is 660 g/mol. The van der Waals surface area contributed by atoms with Crippen molar-refractivity contribution in [3.8, 4) is 0 Å². The summed E-state index contributed by atoms with van der Waals surface area (Å²) in [7, 11) is -10.7. The fourth-order valence-electron chi connectivity index (χ4n) is 4.30. The van der Waals surface area contributed by atoms with Crippen LogP contribution in [0.25, 0.3) is 11.2 Å². The summed E-state index contributed by atoms with van der Waals surface area (Å²) in [5.41, 5.74) is 4.61. The van der Waals surface area contributed by atoms with E-state index in [-0.39, 0.29) is 30.1 Å². The molecule has 2 aromatic rings. The van der Waals surface area contributed by atoms with E-state index < -0.39 is 89.1 Å². The number of aliphatic hydroxyl groups excluding tert-OH is 5. The third kappa shape index (κ3) is 9.08. The highest BCUT2D eigenvalue weighted by molar-refractivity contribution is 7.61. The highest BCUT2D eigenvalue weighted by Crippen LogP contribution is 2.61. The quantitative estimate of drug-likeness (QED) is 0.0841. The molecule has 10 atom stereocenters. The number of aliphatic hydroxyl groups is 5. The number of phosphoric ester groups is 2. The second-order valence-electron chi connectivity index (χ2n) is 9.73. The van der Waals surface area contributed by atoms with E-state index in [0.717, 1.165) is 10.9 Å². The Morgan fingerprint density at radius 1 is 1.26 bits per heavy atom. The molecular weight excluding hydrogens is 626 g/mol. The fraction of sp³-hybridized carbons (Fsp3) is 0.700. The maximum atomic E-state index is 12.4. The highest BCUT2D eigenvalue weighted by Gasteiger charge is 2.46. The molecule has 23 heteroatoms. The van der Waals surface area contributed by atoms with Crippen LogP contribution in [0.2, 0.25) is 0 Å². The van der Waals surface area contributed by atoms with Gasteiger partial charge in [-0.05, 0) is 13.3 Å². The zero-order chi connectivity index (χ0) is 32.3. The first kappa shape index (κ1) is 35.1. The number of carbonyl (C=O) groups excluding carboxylic acids is 1. The van der Waals surface area contributed by atoms with Crippen LogP contribution < -0.4 is 16.6 Å². The summed E-state index contributed by atoms with van der Waals surface area (Å²) in [6.45, 7) is 0.442. The number of rotatable bonds is 15. The number of anilines is 1. The molecule has 0 aromatic carbocycles. The molecule has 3 heterocycles. The highest BCUT2D eigenvalue weighted by atomic mass is 31.3. The van der Waals surface area contributed by atoms with E-state index in [1.54, 1.807) is 0 Å². The van der Waals surface area contributed by atoms with Crippen molar-refractivity contribution in [2.24, 2.45) is 5.92 Å². The van der Waals surface area contributed by atoms with Gasteiger partial charge in [0, 0.05) is 19.4 Å². The SMILES string of the molecule is CC(=O)NCC(C[C@@H](C)OP(=O)(O)OP(=O)(O)OCC1OC(n2cnc3c(=O)[nH]c(N)nc32)C(O)C1O)C(O)[C@H](O)CO. The maximum Gasteiger partial charge on any atom is 0.481 e. The number of nitrogens with zero attached hydrogens (tertiary/aromatic N) is 3. The first-order valence-corrected chi connectivity index (χ1v) is 15.6. The number of hydrogen-bond acceptors (Lipinski definition) is 16. The number of fused-ring (bicyclic) bond motifs is 1. The van der Waals surface area contributed by atoms with Gasteiger partial charge in [-0.15, -0.1) is 0 Å². The Morgan fingerprint density at radius 2 is 1.93 bits per heavy atom. The number of aromatic nitrogens is 4.